The number of nitrogens with one attached hydrogen (secondary N) is 2. The normalized spacial score (nSPS) is 17.9. The molecule has 1 saturated carbocycles. The van der Waals surface area contributed by atoms with E-state index in [1.165, 1.54) is 11.9 Å². The second-order valence-electron chi connectivity index (χ2n) is 10.6. The summed E-state index contributed by atoms with van der Waals surface area (Å²) in [5, 5.41) is 5.78. The smallest absolute Gasteiger partial charge is 0.369 e. The molecule has 0 spiro atoms. The van der Waals surface area contributed by atoms with Gasteiger partial charge in [-0.1, -0.05) is 6.92 Å². The van der Waals surface area contributed by atoms with Crippen molar-refractivity contribution in [3.63, 3.8) is 0 Å². The molecule has 2 N–H and O–H groups in total. The third-order valence-electron chi connectivity index (χ3n) is 7.46. The van der Waals surface area contributed by atoms with Gasteiger partial charge in [0.05, 0.1) is 0 Å². The van der Waals surface area contributed by atoms with Crippen LogP contribution in [0.15, 0.2) is 24.4 Å². The summed E-state index contributed by atoms with van der Waals surface area (Å²) in [6.07, 6.45) is -3.82. The quantitative estimate of drug-likeness (QED) is 0.313. The first-order chi connectivity index (χ1) is 18.9. The van der Waals surface area contributed by atoms with Gasteiger partial charge in [-0.05, 0) is 43.7 Å². The molecule has 1 amide bonds. The predicted octanol–water partition coefficient (Wildman–Crippen LogP) is 4.86. The molecule has 1 saturated heterocycles. The average molecular weight is 570 g/mol. The fourth-order valence-corrected chi connectivity index (χ4v) is 4.94. The van der Waals surface area contributed by atoms with Gasteiger partial charge in [0.15, 0.2) is 0 Å². The second-order valence-corrected chi connectivity index (χ2v) is 10.6. The number of carbonyl (C=O) groups is 1. The molecular weight excluding hydrogens is 533 g/mol. The van der Waals surface area contributed by atoms with Gasteiger partial charge in [0.1, 0.15) is 11.4 Å². The number of halogens is 5. The molecule has 0 bridgehead atoms. The number of hydrogen-bond acceptors (Lipinski definition) is 7. The summed E-state index contributed by atoms with van der Waals surface area (Å²) >= 11 is 0. The third-order valence-corrected chi connectivity index (χ3v) is 7.46. The fraction of sp³-hybridized carbons (Fsp3) is 0.593. The molecular formula is C27H36F5N7O. The maximum atomic E-state index is 13.6. The summed E-state index contributed by atoms with van der Waals surface area (Å²) in [6, 6.07) is 5.96. The van der Waals surface area contributed by atoms with Crippen molar-refractivity contribution in [2.24, 2.45) is 5.92 Å². The minimum atomic E-state index is -4.66. The molecule has 1 aliphatic carbocycles. The number of likely N-dealkylation sites (N-methyl/N-ethyl adjacent to an activating group) is 1. The molecule has 2 aliphatic rings. The summed E-state index contributed by atoms with van der Waals surface area (Å²) in [7, 11) is 3.60. The molecule has 2 fully saturated rings. The van der Waals surface area contributed by atoms with Crippen molar-refractivity contribution in [1.82, 2.24) is 19.8 Å². The molecule has 0 radical (unpaired) electrons. The average Bonchev–Trinajstić information content (AvgIpc) is 2.89. The van der Waals surface area contributed by atoms with Gasteiger partial charge >= 0.3 is 6.18 Å². The molecule has 0 unspecified atom stereocenters. The Morgan fingerprint density at radius 3 is 2.50 bits per heavy atom. The van der Waals surface area contributed by atoms with Crippen LogP contribution in [0.25, 0.3) is 0 Å². The molecule has 0 atom stereocenters. The Hall–Kier alpha value is -3.22. The zero-order valence-electron chi connectivity index (χ0n) is 23.0. The molecule has 1 aromatic carbocycles. The molecule has 1 aliphatic heterocycles. The highest BCUT2D eigenvalue weighted by Gasteiger charge is 2.49. The number of aromatic nitrogens is 2. The number of anilines is 4. The van der Waals surface area contributed by atoms with E-state index in [4.69, 9.17) is 0 Å². The van der Waals surface area contributed by atoms with Crippen LogP contribution in [0.1, 0.15) is 37.3 Å². The monoisotopic (exact) mass is 569 g/mol. The standard InChI is InChI=1S/C27H36F5N7O/c1-4-18-14-20(39-12-10-37(2)11-13-39)6-7-22(18)35-25-34-17-21(27(30,31)32)23(36-25)33-8-5-9-38(3)24(40)19-15-26(28,29)16-19/h6-7,14,17,19H,4-5,8-13,15-16H2,1-3H3,(H2,33,34,35,36). The maximum Gasteiger partial charge on any atom is 0.421 e. The molecule has 4 rings (SSSR count). The van der Waals surface area contributed by atoms with Crippen LogP contribution in [-0.2, 0) is 17.4 Å². The Labute approximate surface area is 230 Å². The molecule has 2 aromatic rings. The van der Waals surface area contributed by atoms with Gasteiger partial charge in [-0.25, -0.2) is 13.8 Å². The number of aryl methyl sites for hydroxylation is 1. The van der Waals surface area contributed by atoms with Crippen LogP contribution in [0.5, 0.6) is 0 Å². The number of carbonyl (C=O) groups excluding carboxylic acids is 1. The van der Waals surface area contributed by atoms with Gasteiger partial charge in [-0.3, -0.25) is 4.79 Å². The van der Waals surface area contributed by atoms with E-state index in [0.29, 0.717) is 18.5 Å². The zero-order chi connectivity index (χ0) is 29.1. The lowest BCUT2D eigenvalue weighted by Crippen LogP contribution is -2.45. The largest absolute Gasteiger partial charge is 0.421 e. The van der Waals surface area contributed by atoms with Gasteiger partial charge in [0, 0.05) is 82.6 Å². The lowest BCUT2D eigenvalue weighted by atomic mass is 9.80. The van der Waals surface area contributed by atoms with Crippen molar-refractivity contribution in [3.8, 4) is 0 Å². The van der Waals surface area contributed by atoms with Crippen molar-refractivity contribution in [2.45, 2.75) is 44.7 Å². The molecule has 13 heteroatoms. The number of rotatable bonds is 10. The van der Waals surface area contributed by atoms with E-state index >= 15 is 0 Å². The molecule has 40 heavy (non-hydrogen) atoms. The topological polar surface area (TPSA) is 76.6 Å². The summed E-state index contributed by atoms with van der Waals surface area (Å²) in [5.74, 6) is -4.22. The molecule has 2 heterocycles. The fourth-order valence-electron chi connectivity index (χ4n) is 4.94. The molecule has 8 nitrogen and oxygen atoms in total. The minimum Gasteiger partial charge on any atom is -0.369 e. The second kappa shape index (κ2) is 12.1. The van der Waals surface area contributed by atoms with Gasteiger partial charge in [-0.15, -0.1) is 0 Å². The van der Waals surface area contributed by atoms with E-state index in [1.54, 1.807) is 0 Å². The summed E-state index contributed by atoms with van der Waals surface area (Å²) in [5.41, 5.74) is 1.81. The van der Waals surface area contributed by atoms with E-state index in [2.05, 4.69) is 43.5 Å². The third kappa shape index (κ3) is 7.29. The van der Waals surface area contributed by atoms with Crippen LogP contribution < -0.4 is 15.5 Å². The maximum absolute atomic E-state index is 13.6. The summed E-state index contributed by atoms with van der Waals surface area (Å²) in [6.45, 7) is 6.11. The van der Waals surface area contributed by atoms with Gasteiger partial charge in [0.25, 0.3) is 0 Å². The molecule has 220 valence electrons. The Kier molecular flexibility index (Phi) is 9.01. The van der Waals surface area contributed by atoms with Crippen LogP contribution in [0, 0.1) is 5.92 Å². The van der Waals surface area contributed by atoms with E-state index in [9.17, 15) is 26.7 Å². The molecule has 1 aromatic heterocycles. The zero-order valence-corrected chi connectivity index (χ0v) is 23.0. The minimum absolute atomic E-state index is 0.0238. The number of nitrogens with zero attached hydrogens (tertiary/aromatic N) is 5. The lowest BCUT2D eigenvalue weighted by molar-refractivity contribution is -0.158. The Morgan fingerprint density at radius 2 is 1.88 bits per heavy atom. The number of hydrogen-bond donors (Lipinski definition) is 2. The highest BCUT2D eigenvalue weighted by Crippen LogP contribution is 2.43. The van der Waals surface area contributed by atoms with Gasteiger partial charge < -0.3 is 25.3 Å². The predicted molar refractivity (Wildman–Crippen MR) is 144 cm³/mol. The van der Waals surface area contributed by atoms with Crippen molar-refractivity contribution in [1.29, 1.82) is 0 Å². The number of benzene rings is 1. The van der Waals surface area contributed by atoms with Crippen LogP contribution in [-0.4, -0.2) is 85.0 Å². The number of piperazine rings is 1. The van der Waals surface area contributed by atoms with Crippen LogP contribution in [0.4, 0.5) is 45.1 Å². The highest BCUT2D eigenvalue weighted by molar-refractivity contribution is 5.79. The summed E-state index contributed by atoms with van der Waals surface area (Å²) < 4.78 is 67.1. The summed E-state index contributed by atoms with van der Waals surface area (Å²) in [4.78, 5) is 26.2. The first-order valence-electron chi connectivity index (χ1n) is 13.5. The first kappa shape index (κ1) is 29.8. The van der Waals surface area contributed by atoms with Crippen molar-refractivity contribution >= 4 is 29.0 Å². The van der Waals surface area contributed by atoms with Crippen LogP contribution in [0.3, 0.4) is 0 Å². The van der Waals surface area contributed by atoms with E-state index < -0.39 is 36.4 Å². The van der Waals surface area contributed by atoms with Gasteiger partial charge in [-0.2, -0.15) is 18.2 Å². The number of amides is 1. The van der Waals surface area contributed by atoms with Crippen molar-refractivity contribution in [2.75, 3.05) is 68.9 Å². The van der Waals surface area contributed by atoms with E-state index in [-0.39, 0.29) is 30.8 Å². The van der Waals surface area contributed by atoms with Crippen LogP contribution >= 0.6 is 0 Å². The van der Waals surface area contributed by atoms with Crippen LogP contribution in [0.2, 0.25) is 0 Å². The highest BCUT2D eigenvalue weighted by atomic mass is 19.4. The lowest BCUT2D eigenvalue weighted by Gasteiger charge is -2.36. The van der Waals surface area contributed by atoms with Gasteiger partial charge in [0.2, 0.25) is 17.8 Å². The van der Waals surface area contributed by atoms with E-state index in [0.717, 1.165) is 43.6 Å². The van der Waals surface area contributed by atoms with Crippen molar-refractivity contribution < 1.29 is 26.7 Å². The first-order valence-corrected chi connectivity index (χ1v) is 13.5. The Bertz CT molecular complexity index is 1180. The Morgan fingerprint density at radius 1 is 1.18 bits per heavy atom. The SMILES string of the molecule is CCc1cc(N2CCN(C)CC2)ccc1Nc1ncc(C(F)(F)F)c(NCCCN(C)C(=O)C2CC(F)(F)C2)n1. The Balaban J connectivity index is 1.40. The van der Waals surface area contributed by atoms with Crippen molar-refractivity contribution in [3.05, 3.63) is 35.5 Å². The van der Waals surface area contributed by atoms with E-state index in [1.807, 2.05) is 19.1 Å². The number of alkyl halides is 5.